The molecule has 0 spiro atoms. The molecule has 6 nitrogen and oxygen atoms in total. The lowest BCUT2D eigenvalue weighted by atomic mass is 10.2. The number of hydrogen-bond acceptors (Lipinski definition) is 4. The van der Waals surface area contributed by atoms with E-state index < -0.39 is 0 Å². The summed E-state index contributed by atoms with van der Waals surface area (Å²) in [5, 5.41) is 3.09. The quantitative estimate of drug-likeness (QED) is 0.853. The average Bonchev–Trinajstić information content (AvgIpc) is 2.91. The fraction of sp³-hybridized carbons (Fsp3) is 0.308. The normalized spacial score (nSPS) is 10.2. The van der Waals surface area contributed by atoms with Gasteiger partial charge in [-0.15, -0.1) is 0 Å². The first-order chi connectivity index (χ1) is 9.20. The highest BCUT2D eigenvalue weighted by Gasteiger charge is 2.13. The second-order valence-corrected chi connectivity index (χ2v) is 4.16. The van der Waals surface area contributed by atoms with Crippen molar-refractivity contribution in [3.63, 3.8) is 0 Å². The number of H-pyrrole nitrogens is 1. The number of aromatic amines is 1. The monoisotopic (exact) mass is 259 g/mol. The number of carbonyl (C=O) groups excluding carboxylic acids is 1. The van der Waals surface area contributed by atoms with Crippen LogP contribution in [0.2, 0.25) is 0 Å². The van der Waals surface area contributed by atoms with Gasteiger partial charge < -0.3 is 15.2 Å². The molecule has 0 aliphatic rings. The van der Waals surface area contributed by atoms with E-state index in [2.05, 4.69) is 20.3 Å². The van der Waals surface area contributed by atoms with E-state index in [4.69, 9.17) is 0 Å². The molecular weight excluding hydrogens is 242 g/mol. The molecule has 0 radical (unpaired) electrons. The van der Waals surface area contributed by atoms with Crippen molar-refractivity contribution in [1.29, 1.82) is 0 Å². The lowest BCUT2D eigenvalue weighted by Crippen LogP contribution is -2.26. The number of carbonyl (C=O) groups is 1. The van der Waals surface area contributed by atoms with Gasteiger partial charge in [0.25, 0.3) is 5.91 Å². The Hall–Kier alpha value is -2.37. The van der Waals surface area contributed by atoms with E-state index in [1.165, 1.54) is 0 Å². The first kappa shape index (κ1) is 13.1. The number of nitrogens with one attached hydrogen (secondary N) is 2. The maximum atomic E-state index is 12.3. The first-order valence-corrected chi connectivity index (χ1v) is 6.14. The van der Waals surface area contributed by atoms with E-state index in [0.717, 1.165) is 12.4 Å². The van der Waals surface area contributed by atoms with Gasteiger partial charge in [-0.2, -0.15) is 0 Å². The molecule has 2 N–H and O–H groups in total. The molecule has 0 saturated heterocycles. The fourth-order valence-corrected chi connectivity index (χ4v) is 1.74. The van der Waals surface area contributed by atoms with Crippen LogP contribution in [0, 0.1) is 0 Å². The number of imidazole rings is 1. The number of pyridine rings is 1. The molecule has 0 fully saturated rings. The standard InChI is InChI=1S/C13H17N5O/c1-3-14-11-8-10(4-5-15-11)13(19)18(2)9-12-16-6-7-17-12/h4-8H,3,9H2,1-2H3,(H,14,15)(H,16,17). The van der Waals surface area contributed by atoms with E-state index in [1.807, 2.05) is 6.92 Å². The summed E-state index contributed by atoms with van der Waals surface area (Å²) in [5.74, 6) is 1.41. The Morgan fingerprint density at radius 2 is 2.26 bits per heavy atom. The van der Waals surface area contributed by atoms with Crippen LogP contribution in [0.5, 0.6) is 0 Å². The van der Waals surface area contributed by atoms with Gasteiger partial charge in [-0.3, -0.25) is 4.79 Å². The summed E-state index contributed by atoms with van der Waals surface area (Å²) in [6, 6.07) is 3.46. The lowest BCUT2D eigenvalue weighted by Gasteiger charge is -2.16. The van der Waals surface area contributed by atoms with E-state index in [1.54, 1.807) is 42.7 Å². The van der Waals surface area contributed by atoms with E-state index in [-0.39, 0.29) is 5.91 Å². The maximum Gasteiger partial charge on any atom is 0.254 e. The molecule has 2 aromatic rings. The van der Waals surface area contributed by atoms with Gasteiger partial charge in [-0.25, -0.2) is 9.97 Å². The third-order valence-electron chi connectivity index (χ3n) is 2.65. The Morgan fingerprint density at radius 1 is 1.42 bits per heavy atom. The lowest BCUT2D eigenvalue weighted by molar-refractivity contribution is 0.0782. The van der Waals surface area contributed by atoms with Crippen molar-refractivity contribution in [2.75, 3.05) is 18.9 Å². The molecule has 0 aromatic carbocycles. The molecular formula is C13H17N5O. The van der Waals surface area contributed by atoms with Gasteiger partial charge in [-0.1, -0.05) is 0 Å². The molecule has 0 unspecified atom stereocenters. The SMILES string of the molecule is CCNc1cc(C(=O)N(C)Cc2ncc[nH]2)ccn1. The van der Waals surface area contributed by atoms with E-state index in [9.17, 15) is 4.79 Å². The topological polar surface area (TPSA) is 73.9 Å². The smallest absolute Gasteiger partial charge is 0.254 e. The Morgan fingerprint density at radius 3 is 2.95 bits per heavy atom. The molecule has 1 amide bonds. The average molecular weight is 259 g/mol. The Bertz CT molecular complexity index is 538. The molecule has 0 bridgehead atoms. The number of hydrogen-bond donors (Lipinski definition) is 2. The molecule has 0 saturated carbocycles. The molecule has 2 aromatic heterocycles. The number of rotatable bonds is 5. The molecule has 6 heteroatoms. The van der Waals surface area contributed by atoms with Gasteiger partial charge in [0.15, 0.2) is 0 Å². The molecule has 19 heavy (non-hydrogen) atoms. The van der Waals surface area contributed by atoms with Crippen LogP contribution in [0.25, 0.3) is 0 Å². The summed E-state index contributed by atoms with van der Waals surface area (Å²) in [5.41, 5.74) is 0.611. The summed E-state index contributed by atoms with van der Waals surface area (Å²) in [7, 11) is 1.75. The van der Waals surface area contributed by atoms with Gasteiger partial charge in [-0.05, 0) is 19.1 Å². The van der Waals surface area contributed by atoms with Crippen molar-refractivity contribution < 1.29 is 4.79 Å². The maximum absolute atomic E-state index is 12.3. The zero-order valence-electron chi connectivity index (χ0n) is 11.1. The van der Waals surface area contributed by atoms with Crippen molar-refractivity contribution in [2.45, 2.75) is 13.5 Å². The van der Waals surface area contributed by atoms with Gasteiger partial charge in [0, 0.05) is 37.7 Å². The summed E-state index contributed by atoms with van der Waals surface area (Å²) in [4.78, 5) is 25.1. The number of aromatic nitrogens is 3. The third-order valence-corrected chi connectivity index (χ3v) is 2.65. The second-order valence-electron chi connectivity index (χ2n) is 4.16. The van der Waals surface area contributed by atoms with Crippen LogP contribution < -0.4 is 5.32 Å². The van der Waals surface area contributed by atoms with Gasteiger partial charge >= 0.3 is 0 Å². The van der Waals surface area contributed by atoms with Crippen molar-refractivity contribution >= 4 is 11.7 Å². The zero-order valence-corrected chi connectivity index (χ0v) is 11.1. The Kier molecular flexibility index (Phi) is 4.12. The third kappa shape index (κ3) is 3.31. The van der Waals surface area contributed by atoms with Crippen LogP contribution >= 0.6 is 0 Å². The predicted molar refractivity (Wildman–Crippen MR) is 72.8 cm³/mol. The van der Waals surface area contributed by atoms with Crippen molar-refractivity contribution in [2.24, 2.45) is 0 Å². The first-order valence-electron chi connectivity index (χ1n) is 6.14. The fourth-order valence-electron chi connectivity index (χ4n) is 1.74. The summed E-state index contributed by atoms with van der Waals surface area (Å²) < 4.78 is 0. The highest BCUT2D eigenvalue weighted by Crippen LogP contribution is 2.10. The highest BCUT2D eigenvalue weighted by molar-refractivity contribution is 5.94. The van der Waals surface area contributed by atoms with Crippen LogP contribution in [-0.2, 0) is 6.54 Å². The minimum absolute atomic E-state index is 0.0575. The summed E-state index contributed by atoms with van der Waals surface area (Å²) in [6.45, 7) is 3.21. The van der Waals surface area contributed by atoms with Crippen molar-refractivity contribution in [3.8, 4) is 0 Å². The Balaban J connectivity index is 2.08. The largest absolute Gasteiger partial charge is 0.370 e. The second kappa shape index (κ2) is 5.99. The minimum atomic E-state index is -0.0575. The van der Waals surface area contributed by atoms with E-state index >= 15 is 0 Å². The van der Waals surface area contributed by atoms with E-state index in [0.29, 0.717) is 17.9 Å². The minimum Gasteiger partial charge on any atom is -0.370 e. The molecule has 2 heterocycles. The zero-order chi connectivity index (χ0) is 13.7. The molecule has 100 valence electrons. The number of nitrogens with zero attached hydrogens (tertiary/aromatic N) is 3. The molecule has 0 aliphatic heterocycles. The highest BCUT2D eigenvalue weighted by atomic mass is 16.2. The van der Waals surface area contributed by atoms with Gasteiger partial charge in [0.2, 0.25) is 0 Å². The number of amides is 1. The predicted octanol–water partition coefficient (Wildman–Crippen LogP) is 1.51. The summed E-state index contributed by atoms with van der Waals surface area (Å²) in [6.07, 6.45) is 5.04. The van der Waals surface area contributed by atoms with Crippen molar-refractivity contribution in [3.05, 3.63) is 42.1 Å². The molecule has 0 aliphatic carbocycles. The number of anilines is 1. The van der Waals surface area contributed by atoms with Gasteiger partial charge in [0.1, 0.15) is 11.6 Å². The van der Waals surface area contributed by atoms with Crippen molar-refractivity contribution in [1.82, 2.24) is 19.9 Å². The summed E-state index contributed by atoms with van der Waals surface area (Å²) >= 11 is 0. The van der Waals surface area contributed by atoms with Crippen LogP contribution in [0.15, 0.2) is 30.7 Å². The van der Waals surface area contributed by atoms with Crippen LogP contribution in [0.3, 0.4) is 0 Å². The van der Waals surface area contributed by atoms with Crippen LogP contribution in [-0.4, -0.2) is 39.4 Å². The van der Waals surface area contributed by atoms with Gasteiger partial charge in [0.05, 0.1) is 6.54 Å². The Labute approximate surface area is 111 Å². The molecule has 0 atom stereocenters. The van der Waals surface area contributed by atoms with Crippen LogP contribution in [0.4, 0.5) is 5.82 Å². The molecule has 2 rings (SSSR count). The van der Waals surface area contributed by atoms with Crippen LogP contribution in [0.1, 0.15) is 23.1 Å².